The van der Waals surface area contributed by atoms with Gasteiger partial charge in [0.25, 0.3) is 0 Å². The van der Waals surface area contributed by atoms with Gasteiger partial charge in [-0.15, -0.1) is 12.3 Å². The van der Waals surface area contributed by atoms with Gasteiger partial charge in [0.15, 0.2) is 0 Å². The fraction of sp³-hybridized carbons (Fsp3) is 0.800. The van der Waals surface area contributed by atoms with Gasteiger partial charge in [0.2, 0.25) is 0 Å². The molecule has 0 heterocycles. The van der Waals surface area contributed by atoms with Gasteiger partial charge in [0.1, 0.15) is 0 Å². The largest absolute Gasteiger partial charge is 0.120 e. The highest BCUT2D eigenvalue weighted by Crippen LogP contribution is 2.07. The van der Waals surface area contributed by atoms with E-state index < -0.39 is 0 Å². The van der Waals surface area contributed by atoms with Gasteiger partial charge in [0, 0.05) is 6.42 Å². The molecule has 1 atom stereocenters. The van der Waals surface area contributed by atoms with E-state index in [-0.39, 0.29) is 0 Å². The van der Waals surface area contributed by atoms with Crippen molar-refractivity contribution in [2.45, 2.75) is 47.0 Å². The summed E-state index contributed by atoms with van der Waals surface area (Å²) in [6.45, 7) is 8.43. The Bertz CT molecular complexity index is 76.5. The second kappa shape index (κ2) is 11.4. The molecular formula is C10H20. The molecule has 0 rings (SSSR count). The normalized spacial score (nSPS) is 10.7. The minimum atomic E-state index is 0.811. The Morgan fingerprint density at radius 3 is 2.20 bits per heavy atom. The van der Waals surface area contributed by atoms with E-state index in [1.54, 1.807) is 0 Å². The molecule has 0 saturated carbocycles. The van der Waals surface area contributed by atoms with Crippen molar-refractivity contribution < 1.29 is 0 Å². The zero-order valence-electron chi connectivity index (χ0n) is 7.78. The van der Waals surface area contributed by atoms with Gasteiger partial charge in [-0.05, 0) is 12.3 Å². The summed E-state index contributed by atoms with van der Waals surface area (Å²) in [5.41, 5.74) is 0. The second-order valence-corrected chi connectivity index (χ2v) is 2.26. The van der Waals surface area contributed by atoms with Crippen LogP contribution in [-0.2, 0) is 0 Å². The molecule has 0 saturated heterocycles. The van der Waals surface area contributed by atoms with Crippen molar-refractivity contribution in [2.75, 3.05) is 0 Å². The fourth-order valence-electron chi connectivity index (χ4n) is 0.534. The van der Waals surface area contributed by atoms with Gasteiger partial charge in [-0.2, -0.15) is 0 Å². The first kappa shape index (κ1) is 12.3. The maximum atomic E-state index is 5.08. The van der Waals surface area contributed by atoms with Crippen molar-refractivity contribution >= 4 is 0 Å². The summed E-state index contributed by atoms with van der Waals surface area (Å²) in [6, 6.07) is 0. The number of hydrogen-bond acceptors (Lipinski definition) is 0. The van der Waals surface area contributed by atoms with E-state index in [0.29, 0.717) is 0 Å². The molecule has 0 aromatic heterocycles. The average Bonchev–Trinajstić information content (AvgIpc) is 2.04. The van der Waals surface area contributed by atoms with E-state index in [4.69, 9.17) is 6.42 Å². The highest BCUT2D eigenvalue weighted by atomic mass is 14.0. The van der Waals surface area contributed by atoms with Crippen molar-refractivity contribution in [3.05, 3.63) is 0 Å². The average molecular weight is 140 g/mol. The van der Waals surface area contributed by atoms with Crippen LogP contribution in [-0.4, -0.2) is 0 Å². The standard InChI is InChI=1S/C8H14.C2H6/c1-4-6-7-8(3)5-2;1-2/h1,8H,5-7H2,2-3H3;1-2H3. The minimum absolute atomic E-state index is 0.811. The van der Waals surface area contributed by atoms with Crippen molar-refractivity contribution in [1.29, 1.82) is 0 Å². The SMILES string of the molecule is C#CCCC(C)CC.CC. The molecule has 0 aromatic carbocycles. The topological polar surface area (TPSA) is 0 Å². The summed E-state index contributed by atoms with van der Waals surface area (Å²) >= 11 is 0. The molecule has 60 valence electrons. The van der Waals surface area contributed by atoms with E-state index in [1.165, 1.54) is 12.8 Å². The summed E-state index contributed by atoms with van der Waals surface area (Å²) in [5, 5.41) is 0. The molecule has 0 aliphatic carbocycles. The van der Waals surface area contributed by atoms with Crippen LogP contribution in [0.2, 0.25) is 0 Å². The van der Waals surface area contributed by atoms with Crippen LogP contribution in [0, 0.1) is 18.3 Å². The van der Waals surface area contributed by atoms with Crippen LogP contribution in [0.5, 0.6) is 0 Å². The van der Waals surface area contributed by atoms with Gasteiger partial charge in [-0.25, -0.2) is 0 Å². The van der Waals surface area contributed by atoms with Crippen LogP contribution in [0.15, 0.2) is 0 Å². The molecular weight excluding hydrogens is 120 g/mol. The smallest absolute Gasteiger partial charge is 0.00885 e. The number of terminal acetylenes is 1. The van der Waals surface area contributed by atoms with Crippen molar-refractivity contribution in [3.8, 4) is 12.3 Å². The fourth-order valence-corrected chi connectivity index (χ4v) is 0.534. The molecule has 0 amide bonds. The van der Waals surface area contributed by atoms with Crippen LogP contribution in [0.3, 0.4) is 0 Å². The van der Waals surface area contributed by atoms with Crippen molar-refractivity contribution in [2.24, 2.45) is 5.92 Å². The van der Waals surface area contributed by atoms with E-state index in [9.17, 15) is 0 Å². The quantitative estimate of drug-likeness (QED) is 0.526. The molecule has 0 aliphatic heterocycles. The lowest BCUT2D eigenvalue weighted by molar-refractivity contribution is 0.525. The van der Waals surface area contributed by atoms with Gasteiger partial charge in [-0.1, -0.05) is 34.1 Å². The minimum Gasteiger partial charge on any atom is -0.120 e. The Morgan fingerprint density at radius 2 is 1.90 bits per heavy atom. The predicted octanol–water partition coefficient (Wildman–Crippen LogP) is 3.47. The highest BCUT2D eigenvalue weighted by molar-refractivity contribution is 4.83. The maximum Gasteiger partial charge on any atom is 0.00885 e. The molecule has 0 aliphatic rings. The Balaban J connectivity index is 0. The van der Waals surface area contributed by atoms with E-state index in [0.717, 1.165) is 12.3 Å². The van der Waals surface area contributed by atoms with E-state index >= 15 is 0 Å². The molecule has 0 fully saturated rings. The second-order valence-electron chi connectivity index (χ2n) is 2.26. The van der Waals surface area contributed by atoms with Crippen LogP contribution in [0.1, 0.15) is 47.0 Å². The molecule has 0 nitrogen and oxygen atoms in total. The molecule has 0 heteroatoms. The van der Waals surface area contributed by atoms with Gasteiger partial charge >= 0.3 is 0 Å². The monoisotopic (exact) mass is 140 g/mol. The van der Waals surface area contributed by atoms with Gasteiger partial charge in [0.05, 0.1) is 0 Å². The summed E-state index contributed by atoms with van der Waals surface area (Å²) in [5.74, 6) is 3.44. The first-order valence-corrected chi connectivity index (χ1v) is 4.24. The zero-order chi connectivity index (χ0) is 8.41. The van der Waals surface area contributed by atoms with Crippen LogP contribution in [0.25, 0.3) is 0 Å². The summed E-state index contributed by atoms with van der Waals surface area (Å²) in [7, 11) is 0. The van der Waals surface area contributed by atoms with Crippen molar-refractivity contribution in [3.63, 3.8) is 0 Å². The molecule has 0 N–H and O–H groups in total. The lowest BCUT2D eigenvalue weighted by Gasteiger charge is -2.02. The third-order valence-electron chi connectivity index (χ3n) is 1.48. The number of hydrogen-bond donors (Lipinski definition) is 0. The van der Waals surface area contributed by atoms with E-state index in [2.05, 4.69) is 19.8 Å². The predicted molar refractivity (Wildman–Crippen MR) is 48.9 cm³/mol. The Hall–Kier alpha value is -0.440. The van der Waals surface area contributed by atoms with Crippen LogP contribution >= 0.6 is 0 Å². The molecule has 0 spiro atoms. The van der Waals surface area contributed by atoms with Crippen LogP contribution in [0.4, 0.5) is 0 Å². The third kappa shape index (κ3) is 10.5. The first-order chi connectivity index (χ1) is 4.81. The zero-order valence-corrected chi connectivity index (χ0v) is 7.78. The third-order valence-corrected chi connectivity index (χ3v) is 1.48. The highest BCUT2D eigenvalue weighted by Gasteiger charge is 1.93. The summed E-state index contributed by atoms with van der Waals surface area (Å²) in [4.78, 5) is 0. The van der Waals surface area contributed by atoms with Crippen LogP contribution < -0.4 is 0 Å². The molecule has 1 unspecified atom stereocenters. The Kier molecular flexibility index (Phi) is 13.9. The number of rotatable bonds is 3. The Morgan fingerprint density at radius 1 is 1.40 bits per heavy atom. The van der Waals surface area contributed by atoms with Gasteiger partial charge < -0.3 is 0 Å². The summed E-state index contributed by atoms with van der Waals surface area (Å²) in [6.07, 6.45) is 8.46. The first-order valence-electron chi connectivity index (χ1n) is 4.24. The molecule has 0 bridgehead atoms. The summed E-state index contributed by atoms with van der Waals surface area (Å²) < 4.78 is 0. The van der Waals surface area contributed by atoms with Gasteiger partial charge in [-0.3, -0.25) is 0 Å². The van der Waals surface area contributed by atoms with E-state index in [1.807, 2.05) is 13.8 Å². The lowest BCUT2D eigenvalue weighted by Crippen LogP contribution is -1.89. The lowest BCUT2D eigenvalue weighted by atomic mass is 10.0. The molecule has 0 aromatic rings. The molecule has 0 radical (unpaired) electrons. The van der Waals surface area contributed by atoms with Crippen molar-refractivity contribution in [1.82, 2.24) is 0 Å². The Labute approximate surface area is 66.0 Å². The maximum absolute atomic E-state index is 5.08. The molecule has 10 heavy (non-hydrogen) atoms.